The highest BCUT2D eigenvalue weighted by Crippen LogP contribution is 2.39. The van der Waals surface area contributed by atoms with E-state index in [-0.39, 0.29) is 11.3 Å². The Labute approximate surface area is 257 Å². The van der Waals surface area contributed by atoms with Gasteiger partial charge < -0.3 is 34.3 Å². The van der Waals surface area contributed by atoms with Gasteiger partial charge in [0.1, 0.15) is 28.3 Å². The van der Waals surface area contributed by atoms with Crippen LogP contribution in [0.2, 0.25) is 0 Å². The largest absolute Gasteiger partial charge is 0.492 e. The first-order valence-electron chi connectivity index (χ1n) is 13.9. The average molecular weight is 609 g/mol. The van der Waals surface area contributed by atoms with E-state index in [1.54, 1.807) is 23.1 Å². The van der Waals surface area contributed by atoms with Gasteiger partial charge in [-0.1, -0.05) is 39.5 Å². The standard InChI is InChI=1S/C32H44N6O4S/c1-21(14-15-33-22(2)34-16-17-37(6)7)42-28-13-11-12-23-18-27(38(8)29(23)28)31(39)35-25-19-24(32(3,4)5)20-26(30(25)41-9)36-43(10)40/h11-15,18-20,34,36H,2,16-17H2,1,3-10H3,(H,35,39)/b21-14+,33-15-. The van der Waals surface area contributed by atoms with Crippen molar-refractivity contribution < 1.29 is 18.5 Å². The first kappa shape index (κ1) is 33.4. The van der Waals surface area contributed by atoms with Crippen LogP contribution < -0.4 is 24.8 Å². The molecule has 0 radical (unpaired) electrons. The molecule has 1 amide bonds. The minimum Gasteiger partial charge on any atom is -0.492 e. The lowest BCUT2D eigenvalue weighted by atomic mass is 9.86. The molecule has 3 aromatic rings. The van der Waals surface area contributed by atoms with E-state index in [2.05, 4.69) is 52.6 Å². The van der Waals surface area contributed by atoms with E-state index < -0.39 is 11.0 Å². The van der Waals surface area contributed by atoms with Crippen LogP contribution in [0.1, 0.15) is 43.7 Å². The summed E-state index contributed by atoms with van der Waals surface area (Å²) < 4.78 is 28.6. The quantitative estimate of drug-likeness (QED) is 0.177. The number of ether oxygens (including phenoxy) is 2. The Bertz CT molecular complexity index is 1570. The predicted octanol–water partition coefficient (Wildman–Crippen LogP) is 5.42. The van der Waals surface area contributed by atoms with Crippen molar-refractivity contribution in [1.82, 2.24) is 14.8 Å². The number of allylic oxidation sites excluding steroid dienone is 2. The summed E-state index contributed by atoms with van der Waals surface area (Å²) in [6.45, 7) is 13.6. The Morgan fingerprint density at radius 2 is 1.88 bits per heavy atom. The number of benzene rings is 2. The van der Waals surface area contributed by atoms with Crippen molar-refractivity contribution in [3.05, 3.63) is 71.9 Å². The molecule has 1 atom stereocenters. The van der Waals surface area contributed by atoms with E-state index in [0.717, 1.165) is 29.6 Å². The molecule has 1 heterocycles. The first-order chi connectivity index (χ1) is 20.2. The molecule has 0 aliphatic carbocycles. The van der Waals surface area contributed by atoms with Crippen LogP contribution in [0.5, 0.6) is 11.5 Å². The maximum absolute atomic E-state index is 13.7. The second kappa shape index (κ2) is 14.4. The van der Waals surface area contributed by atoms with Crippen LogP contribution in [0, 0.1) is 0 Å². The second-order valence-electron chi connectivity index (χ2n) is 11.5. The molecule has 3 rings (SSSR count). The van der Waals surface area contributed by atoms with Gasteiger partial charge in [-0.2, -0.15) is 0 Å². The van der Waals surface area contributed by atoms with E-state index in [9.17, 15) is 9.00 Å². The van der Waals surface area contributed by atoms with Crippen LogP contribution in [0.25, 0.3) is 10.9 Å². The third-order valence-corrected chi connectivity index (χ3v) is 7.12. The van der Waals surface area contributed by atoms with Crippen molar-refractivity contribution in [2.75, 3.05) is 50.6 Å². The number of aryl methyl sites for hydroxylation is 1. The molecular weight excluding hydrogens is 564 g/mol. The molecule has 1 unspecified atom stereocenters. The number of anilines is 2. The van der Waals surface area contributed by atoms with Crippen molar-refractivity contribution >= 4 is 45.4 Å². The normalized spacial score (nSPS) is 12.9. The van der Waals surface area contributed by atoms with E-state index in [1.807, 2.05) is 64.5 Å². The van der Waals surface area contributed by atoms with Gasteiger partial charge in [-0.05, 0) is 62.3 Å². The number of nitrogens with one attached hydrogen (secondary N) is 3. The summed E-state index contributed by atoms with van der Waals surface area (Å²) in [6, 6.07) is 11.3. The van der Waals surface area contributed by atoms with Gasteiger partial charge in [-0.25, -0.2) is 9.20 Å². The number of aliphatic imine (C=N–C) groups is 1. The van der Waals surface area contributed by atoms with E-state index in [1.165, 1.54) is 7.11 Å². The fourth-order valence-corrected chi connectivity index (χ4v) is 4.84. The summed E-state index contributed by atoms with van der Waals surface area (Å²) in [6.07, 6.45) is 4.94. The SMILES string of the molecule is C=C(/N=C\C=C(/C)Oc1cccc2cc(C(=O)Nc3cc(C(C)(C)C)cc(NS(C)=O)c3OC)n(C)c12)NCCN(C)C. The molecule has 232 valence electrons. The lowest BCUT2D eigenvalue weighted by Crippen LogP contribution is -2.25. The Morgan fingerprint density at radius 3 is 2.51 bits per heavy atom. The topological polar surface area (TPSA) is 109 Å². The fourth-order valence-electron chi connectivity index (χ4n) is 4.38. The summed E-state index contributed by atoms with van der Waals surface area (Å²) >= 11 is 0. The number of carbonyl (C=O) groups is 1. The van der Waals surface area contributed by atoms with E-state index >= 15 is 0 Å². The zero-order valence-electron chi connectivity index (χ0n) is 26.6. The number of para-hydroxylation sites is 1. The smallest absolute Gasteiger partial charge is 0.272 e. The van der Waals surface area contributed by atoms with Crippen LogP contribution >= 0.6 is 0 Å². The summed E-state index contributed by atoms with van der Waals surface area (Å²) in [5.74, 6) is 1.88. The predicted molar refractivity (Wildman–Crippen MR) is 179 cm³/mol. The van der Waals surface area contributed by atoms with Gasteiger partial charge in [0.25, 0.3) is 5.91 Å². The third-order valence-electron chi connectivity index (χ3n) is 6.61. The van der Waals surface area contributed by atoms with Gasteiger partial charge >= 0.3 is 0 Å². The highest BCUT2D eigenvalue weighted by atomic mass is 32.2. The van der Waals surface area contributed by atoms with Crippen molar-refractivity contribution in [1.29, 1.82) is 0 Å². The minimum atomic E-state index is -1.33. The molecule has 0 bridgehead atoms. The molecule has 0 aliphatic rings. The molecule has 11 heteroatoms. The summed E-state index contributed by atoms with van der Waals surface area (Å²) in [4.78, 5) is 20.1. The van der Waals surface area contributed by atoms with Crippen molar-refractivity contribution in [2.24, 2.45) is 12.0 Å². The molecule has 0 spiro atoms. The number of rotatable bonds is 13. The summed E-state index contributed by atoms with van der Waals surface area (Å²) in [5, 5.41) is 7.02. The van der Waals surface area contributed by atoms with Crippen molar-refractivity contribution in [3.63, 3.8) is 0 Å². The number of nitrogens with zero attached hydrogens (tertiary/aromatic N) is 3. The molecule has 0 saturated carbocycles. The molecule has 3 N–H and O–H groups in total. The van der Waals surface area contributed by atoms with E-state index in [4.69, 9.17) is 9.47 Å². The van der Waals surface area contributed by atoms with Crippen molar-refractivity contribution in [2.45, 2.75) is 33.1 Å². The average Bonchev–Trinajstić information content (AvgIpc) is 3.25. The maximum Gasteiger partial charge on any atom is 0.272 e. The summed E-state index contributed by atoms with van der Waals surface area (Å²) in [7, 11) is 6.03. The van der Waals surface area contributed by atoms with Crippen LogP contribution in [0.4, 0.5) is 11.4 Å². The zero-order valence-corrected chi connectivity index (χ0v) is 27.4. The number of carbonyl (C=O) groups excluding carboxylic acids is 1. The van der Waals surface area contributed by atoms with Crippen LogP contribution in [0.15, 0.2) is 65.6 Å². The third kappa shape index (κ3) is 8.95. The maximum atomic E-state index is 13.7. The number of aromatic nitrogens is 1. The molecule has 2 aromatic carbocycles. The van der Waals surface area contributed by atoms with Gasteiger partial charge in [-0.15, -0.1) is 0 Å². The minimum absolute atomic E-state index is 0.227. The van der Waals surface area contributed by atoms with Gasteiger partial charge in [-0.3, -0.25) is 4.79 Å². The van der Waals surface area contributed by atoms with Gasteiger partial charge in [0.2, 0.25) is 0 Å². The highest BCUT2D eigenvalue weighted by molar-refractivity contribution is 7.85. The first-order valence-corrected chi connectivity index (χ1v) is 15.5. The Hall–Kier alpha value is -4.09. The monoisotopic (exact) mass is 608 g/mol. The number of hydrogen-bond acceptors (Lipinski definition) is 7. The van der Waals surface area contributed by atoms with Gasteiger partial charge in [0.05, 0.1) is 24.0 Å². The second-order valence-corrected chi connectivity index (χ2v) is 12.6. The molecular formula is C32H44N6O4S. The number of hydrogen-bond donors (Lipinski definition) is 3. The number of amides is 1. The van der Waals surface area contributed by atoms with E-state index in [0.29, 0.717) is 40.1 Å². The molecule has 10 nitrogen and oxygen atoms in total. The van der Waals surface area contributed by atoms with Gasteiger partial charge in [0.15, 0.2) is 11.5 Å². The summed E-state index contributed by atoms with van der Waals surface area (Å²) in [5.41, 5.74) is 2.94. The number of methoxy groups -OCH3 is 1. The van der Waals surface area contributed by atoms with Crippen LogP contribution in [0.3, 0.4) is 0 Å². The number of likely N-dealkylation sites (N-methyl/N-ethyl adjacent to an activating group) is 1. The molecule has 0 aliphatic heterocycles. The number of fused-ring (bicyclic) bond motifs is 1. The fraction of sp³-hybridized carbons (Fsp3) is 0.375. The molecule has 0 fully saturated rings. The molecule has 43 heavy (non-hydrogen) atoms. The zero-order chi connectivity index (χ0) is 31.9. The molecule has 0 saturated heterocycles. The van der Waals surface area contributed by atoms with Gasteiger partial charge in [0, 0.05) is 38.0 Å². The molecule has 1 aromatic heterocycles. The van der Waals surface area contributed by atoms with Crippen LogP contribution in [-0.2, 0) is 23.4 Å². The lowest BCUT2D eigenvalue weighted by molar-refractivity contribution is 0.101. The highest BCUT2D eigenvalue weighted by Gasteiger charge is 2.23. The lowest BCUT2D eigenvalue weighted by Gasteiger charge is -2.23. The Balaban J connectivity index is 1.88. The Kier molecular flexibility index (Phi) is 11.2. The van der Waals surface area contributed by atoms with Crippen LogP contribution in [-0.4, -0.2) is 66.3 Å². The Morgan fingerprint density at radius 1 is 1.19 bits per heavy atom. The van der Waals surface area contributed by atoms with Crippen molar-refractivity contribution in [3.8, 4) is 11.5 Å².